The van der Waals surface area contributed by atoms with Gasteiger partial charge in [0.15, 0.2) is 5.75 Å². The molecule has 16 heavy (non-hydrogen) atoms. The molecule has 0 saturated carbocycles. The summed E-state index contributed by atoms with van der Waals surface area (Å²) in [6.07, 6.45) is 1.01. The molecule has 1 atom stereocenters. The van der Waals surface area contributed by atoms with E-state index in [0.29, 0.717) is 17.5 Å². The first kappa shape index (κ1) is 11.5. The van der Waals surface area contributed by atoms with Crippen molar-refractivity contribution in [3.05, 3.63) is 16.6 Å². The smallest absolute Gasteiger partial charge is 0.158 e. The van der Waals surface area contributed by atoms with Gasteiger partial charge in [-0.25, -0.2) is 0 Å². The van der Waals surface area contributed by atoms with E-state index in [0.717, 1.165) is 29.8 Å². The fourth-order valence-corrected chi connectivity index (χ4v) is 2.28. The lowest BCUT2D eigenvalue weighted by Crippen LogP contribution is -2.19. The third kappa shape index (κ3) is 2.25. The molecule has 1 unspecified atom stereocenters. The van der Waals surface area contributed by atoms with E-state index < -0.39 is 0 Å². The van der Waals surface area contributed by atoms with Crippen LogP contribution in [0.2, 0.25) is 0 Å². The number of nitrogen functional groups attached to an aromatic ring is 1. The molecule has 3 N–H and O–H groups in total. The van der Waals surface area contributed by atoms with E-state index in [4.69, 9.17) is 15.2 Å². The first-order valence-corrected chi connectivity index (χ1v) is 5.98. The highest BCUT2D eigenvalue weighted by molar-refractivity contribution is 9.10. The van der Waals surface area contributed by atoms with Crippen molar-refractivity contribution in [2.75, 3.05) is 31.4 Å². The lowest BCUT2D eigenvalue weighted by atomic mass is 10.2. The Morgan fingerprint density at radius 2 is 2.38 bits per heavy atom. The third-order valence-corrected chi connectivity index (χ3v) is 3.27. The Kier molecular flexibility index (Phi) is 3.56. The molecule has 0 amide bonds. The molecule has 4 nitrogen and oxygen atoms in total. The number of rotatable bonds is 3. The average Bonchev–Trinajstić information content (AvgIpc) is 2.76. The first-order valence-electron chi connectivity index (χ1n) is 5.18. The summed E-state index contributed by atoms with van der Waals surface area (Å²) < 4.78 is 11.4. The number of hydrogen-bond donors (Lipinski definition) is 2. The lowest BCUT2D eigenvalue weighted by Gasteiger charge is -2.16. The van der Waals surface area contributed by atoms with E-state index in [1.54, 1.807) is 7.11 Å². The standard InChI is InChI=1S/C11H15BrN2O2/c1-15-11-8(12)2-3-9(10(11)13)14-7-4-5-16-6-7/h2-3,7,14H,4-6,13H2,1H3. The molecule has 0 bridgehead atoms. The van der Waals surface area contributed by atoms with Gasteiger partial charge in [0.1, 0.15) is 0 Å². The van der Waals surface area contributed by atoms with Crippen molar-refractivity contribution in [3.8, 4) is 5.75 Å². The summed E-state index contributed by atoms with van der Waals surface area (Å²) >= 11 is 3.40. The van der Waals surface area contributed by atoms with Gasteiger partial charge in [-0.15, -0.1) is 0 Å². The molecule has 0 radical (unpaired) electrons. The van der Waals surface area contributed by atoms with Gasteiger partial charge in [0.25, 0.3) is 0 Å². The molecule has 0 spiro atoms. The van der Waals surface area contributed by atoms with Gasteiger partial charge in [0.2, 0.25) is 0 Å². The van der Waals surface area contributed by atoms with Gasteiger partial charge in [-0.2, -0.15) is 0 Å². The highest BCUT2D eigenvalue weighted by atomic mass is 79.9. The van der Waals surface area contributed by atoms with Gasteiger partial charge in [0.05, 0.1) is 35.6 Å². The van der Waals surface area contributed by atoms with Gasteiger partial charge < -0.3 is 20.5 Å². The van der Waals surface area contributed by atoms with Crippen LogP contribution in [0.3, 0.4) is 0 Å². The number of ether oxygens (including phenoxy) is 2. The minimum Gasteiger partial charge on any atom is -0.493 e. The zero-order valence-corrected chi connectivity index (χ0v) is 10.7. The van der Waals surface area contributed by atoms with Crippen LogP contribution >= 0.6 is 15.9 Å². The average molecular weight is 287 g/mol. The molecular weight excluding hydrogens is 272 g/mol. The van der Waals surface area contributed by atoms with Crippen molar-refractivity contribution >= 4 is 27.3 Å². The topological polar surface area (TPSA) is 56.5 Å². The van der Waals surface area contributed by atoms with Crippen LogP contribution in [0.1, 0.15) is 6.42 Å². The van der Waals surface area contributed by atoms with Gasteiger partial charge in [-0.1, -0.05) is 0 Å². The monoisotopic (exact) mass is 286 g/mol. The Morgan fingerprint density at radius 3 is 3.00 bits per heavy atom. The minimum atomic E-state index is 0.341. The van der Waals surface area contributed by atoms with Crippen molar-refractivity contribution in [2.24, 2.45) is 0 Å². The highest BCUT2D eigenvalue weighted by Crippen LogP contribution is 2.37. The molecule has 1 heterocycles. The predicted octanol–water partition coefficient (Wildman–Crippen LogP) is 2.24. The fourth-order valence-electron chi connectivity index (χ4n) is 1.77. The molecule has 2 rings (SSSR count). The number of benzene rings is 1. The molecule has 1 fully saturated rings. The Hall–Kier alpha value is -0.940. The van der Waals surface area contributed by atoms with E-state index in [1.807, 2.05) is 12.1 Å². The molecule has 1 aromatic carbocycles. The second kappa shape index (κ2) is 4.93. The molecular formula is C11H15BrN2O2. The Balaban J connectivity index is 2.20. The van der Waals surface area contributed by atoms with Gasteiger partial charge >= 0.3 is 0 Å². The Labute approximate surface area is 103 Å². The summed E-state index contributed by atoms with van der Waals surface area (Å²) in [4.78, 5) is 0. The molecule has 0 aromatic heterocycles. The maximum atomic E-state index is 6.01. The number of methoxy groups -OCH3 is 1. The number of nitrogens with one attached hydrogen (secondary N) is 1. The molecule has 1 saturated heterocycles. The van der Waals surface area contributed by atoms with E-state index >= 15 is 0 Å². The molecule has 1 aliphatic heterocycles. The van der Waals surface area contributed by atoms with E-state index in [1.165, 1.54) is 0 Å². The second-order valence-electron chi connectivity index (χ2n) is 3.75. The van der Waals surface area contributed by atoms with Gasteiger partial charge in [-0.3, -0.25) is 0 Å². The van der Waals surface area contributed by atoms with E-state index in [9.17, 15) is 0 Å². The Morgan fingerprint density at radius 1 is 1.56 bits per heavy atom. The SMILES string of the molecule is COc1c(Br)ccc(NC2CCOC2)c1N. The van der Waals surface area contributed by atoms with Crippen LogP contribution in [0.4, 0.5) is 11.4 Å². The van der Waals surface area contributed by atoms with Crippen molar-refractivity contribution < 1.29 is 9.47 Å². The summed E-state index contributed by atoms with van der Waals surface area (Å²) in [6.45, 7) is 1.54. The van der Waals surface area contributed by atoms with Crippen LogP contribution < -0.4 is 15.8 Å². The Bertz CT molecular complexity index is 378. The number of nitrogens with two attached hydrogens (primary N) is 1. The van der Waals surface area contributed by atoms with Crippen LogP contribution in [-0.2, 0) is 4.74 Å². The fraction of sp³-hybridized carbons (Fsp3) is 0.455. The summed E-state index contributed by atoms with van der Waals surface area (Å²) in [5.74, 6) is 0.670. The molecule has 88 valence electrons. The molecule has 1 aliphatic rings. The highest BCUT2D eigenvalue weighted by Gasteiger charge is 2.17. The minimum absolute atomic E-state index is 0.341. The van der Waals surface area contributed by atoms with Crippen LogP contribution in [0.5, 0.6) is 5.75 Å². The van der Waals surface area contributed by atoms with Crippen LogP contribution in [-0.4, -0.2) is 26.4 Å². The lowest BCUT2D eigenvalue weighted by molar-refractivity contribution is 0.195. The van der Waals surface area contributed by atoms with Crippen molar-refractivity contribution in [3.63, 3.8) is 0 Å². The van der Waals surface area contributed by atoms with Gasteiger partial charge in [0, 0.05) is 6.61 Å². The van der Waals surface area contributed by atoms with Crippen LogP contribution in [0.15, 0.2) is 16.6 Å². The van der Waals surface area contributed by atoms with Crippen molar-refractivity contribution in [1.29, 1.82) is 0 Å². The zero-order chi connectivity index (χ0) is 11.5. The normalized spacial score (nSPS) is 19.8. The van der Waals surface area contributed by atoms with Crippen LogP contribution in [0.25, 0.3) is 0 Å². The summed E-state index contributed by atoms with van der Waals surface area (Å²) in [6, 6.07) is 4.21. The molecule has 0 aliphatic carbocycles. The maximum Gasteiger partial charge on any atom is 0.158 e. The van der Waals surface area contributed by atoms with E-state index in [-0.39, 0.29) is 0 Å². The molecule has 1 aromatic rings. The predicted molar refractivity (Wildman–Crippen MR) is 68.0 cm³/mol. The second-order valence-corrected chi connectivity index (χ2v) is 4.60. The molecule has 5 heteroatoms. The van der Waals surface area contributed by atoms with Crippen LogP contribution in [0, 0.1) is 0 Å². The number of halogens is 1. The summed E-state index contributed by atoms with van der Waals surface area (Å²) in [5, 5.41) is 3.36. The zero-order valence-electron chi connectivity index (χ0n) is 9.13. The van der Waals surface area contributed by atoms with E-state index in [2.05, 4.69) is 21.2 Å². The largest absolute Gasteiger partial charge is 0.493 e. The maximum absolute atomic E-state index is 6.01. The van der Waals surface area contributed by atoms with Crippen molar-refractivity contribution in [2.45, 2.75) is 12.5 Å². The first-order chi connectivity index (χ1) is 7.72. The third-order valence-electron chi connectivity index (χ3n) is 2.64. The summed E-state index contributed by atoms with van der Waals surface area (Å²) in [5.41, 5.74) is 7.54. The van der Waals surface area contributed by atoms with Crippen molar-refractivity contribution in [1.82, 2.24) is 0 Å². The number of hydrogen-bond acceptors (Lipinski definition) is 4. The summed E-state index contributed by atoms with van der Waals surface area (Å²) in [7, 11) is 1.61. The number of anilines is 2. The quantitative estimate of drug-likeness (QED) is 0.837. The van der Waals surface area contributed by atoms with Gasteiger partial charge in [-0.05, 0) is 34.5 Å².